The minimum Gasteiger partial charge on any atom is -0.445 e. The molecule has 0 fully saturated rings. The first-order chi connectivity index (χ1) is 15.1. The molecule has 4 aromatic rings. The van der Waals surface area contributed by atoms with Crippen LogP contribution in [-0.4, -0.2) is 27.0 Å². The zero-order valence-corrected chi connectivity index (χ0v) is 17.1. The molecule has 156 valence electrons. The van der Waals surface area contributed by atoms with E-state index < -0.39 is 6.09 Å². The summed E-state index contributed by atoms with van der Waals surface area (Å²) in [4.78, 5) is 29.5. The summed E-state index contributed by atoms with van der Waals surface area (Å²) in [5.41, 5.74) is 3.69. The van der Waals surface area contributed by atoms with Gasteiger partial charge in [-0.1, -0.05) is 43.0 Å². The lowest BCUT2D eigenvalue weighted by molar-refractivity contribution is 0.174. The van der Waals surface area contributed by atoms with Crippen LogP contribution in [0.2, 0.25) is 0 Å². The van der Waals surface area contributed by atoms with Crippen molar-refractivity contribution in [3.63, 3.8) is 0 Å². The van der Waals surface area contributed by atoms with Crippen molar-refractivity contribution >= 4 is 22.8 Å². The molecule has 2 aromatic heterocycles. The van der Waals surface area contributed by atoms with Gasteiger partial charge < -0.3 is 4.74 Å². The Morgan fingerprint density at radius 2 is 1.84 bits per heavy atom. The highest BCUT2D eigenvalue weighted by atomic mass is 16.5. The molecule has 0 unspecified atom stereocenters. The summed E-state index contributed by atoms with van der Waals surface area (Å²) in [5, 5.41) is 3.23. The highest BCUT2D eigenvalue weighted by Gasteiger charge is 2.16. The molecule has 4 rings (SSSR count). The fraction of sp³-hybridized carbons (Fsp3) is 0.125. The van der Waals surface area contributed by atoms with Gasteiger partial charge >= 0.3 is 6.09 Å². The molecule has 0 spiro atoms. The van der Waals surface area contributed by atoms with Crippen LogP contribution in [-0.2, 0) is 11.3 Å². The third-order valence-corrected chi connectivity index (χ3v) is 4.79. The second-order valence-electron chi connectivity index (χ2n) is 7.04. The molecule has 0 bridgehead atoms. The van der Waals surface area contributed by atoms with Gasteiger partial charge in [0.2, 0.25) is 0 Å². The maximum atomic E-state index is 13.1. The Kier molecular flexibility index (Phi) is 5.66. The molecule has 1 amide bonds. The Hall–Kier alpha value is -4.13. The number of pyridine rings is 1. The van der Waals surface area contributed by atoms with Gasteiger partial charge in [0.25, 0.3) is 5.56 Å². The molecule has 0 saturated carbocycles. The highest BCUT2D eigenvalue weighted by Crippen LogP contribution is 2.18. The van der Waals surface area contributed by atoms with Gasteiger partial charge in [0.1, 0.15) is 6.61 Å². The second kappa shape index (κ2) is 8.71. The predicted octanol–water partition coefficient (Wildman–Crippen LogP) is 4.28. The molecule has 2 heterocycles. The molecular formula is C24H22N4O3. The van der Waals surface area contributed by atoms with E-state index in [4.69, 9.17) is 4.74 Å². The van der Waals surface area contributed by atoms with Crippen LogP contribution in [0, 0.1) is 6.92 Å². The number of aromatic nitrogens is 3. The molecule has 0 aliphatic carbocycles. The van der Waals surface area contributed by atoms with Gasteiger partial charge in [0.15, 0.2) is 5.65 Å². The number of aryl methyl sites for hydroxylation is 1. The van der Waals surface area contributed by atoms with Crippen molar-refractivity contribution in [2.75, 3.05) is 11.9 Å². The lowest BCUT2D eigenvalue weighted by Crippen LogP contribution is -2.21. The van der Waals surface area contributed by atoms with E-state index in [9.17, 15) is 9.59 Å². The van der Waals surface area contributed by atoms with Crippen molar-refractivity contribution < 1.29 is 9.53 Å². The summed E-state index contributed by atoms with van der Waals surface area (Å²) in [6.07, 6.45) is 0.966. The summed E-state index contributed by atoms with van der Waals surface area (Å²) in [7, 11) is 0. The van der Waals surface area contributed by atoms with Crippen LogP contribution in [0.5, 0.6) is 0 Å². The summed E-state index contributed by atoms with van der Waals surface area (Å²) in [6, 6.07) is 20.5. The van der Waals surface area contributed by atoms with E-state index in [1.54, 1.807) is 16.8 Å². The lowest BCUT2D eigenvalue weighted by atomic mass is 10.2. The van der Waals surface area contributed by atoms with Crippen molar-refractivity contribution in [1.82, 2.24) is 14.3 Å². The van der Waals surface area contributed by atoms with Crippen molar-refractivity contribution in [2.45, 2.75) is 13.5 Å². The number of amides is 1. The Bertz CT molecular complexity index is 1290. The second-order valence-corrected chi connectivity index (χ2v) is 7.04. The maximum Gasteiger partial charge on any atom is 0.411 e. The standard InChI is InChI=1S/C24H22N4O3/c1-3-15-31-24(30)26-19-12-10-18(11-13-19)16-27-22-21(14-9-17(2)25-22)23(29)28(27)20-7-5-4-6-8-20/h3-14H,1,15-16H2,2H3,(H,26,30). The van der Waals surface area contributed by atoms with Gasteiger partial charge in [-0.3, -0.25) is 14.8 Å². The number of para-hydroxylation sites is 1. The number of ether oxygens (including phenoxy) is 1. The maximum absolute atomic E-state index is 13.1. The highest BCUT2D eigenvalue weighted by molar-refractivity contribution is 5.84. The Morgan fingerprint density at radius 3 is 2.55 bits per heavy atom. The fourth-order valence-electron chi connectivity index (χ4n) is 3.35. The Labute approximate surface area is 179 Å². The van der Waals surface area contributed by atoms with E-state index >= 15 is 0 Å². The fourth-order valence-corrected chi connectivity index (χ4v) is 3.35. The molecule has 7 heteroatoms. The summed E-state index contributed by atoms with van der Waals surface area (Å²) >= 11 is 0. The number of hydrogen-bond donors (Lipinski definition) is 1. The number of nitrogens with zero attached hydrogens (tertiary/aromatic N) is 3. The summed E-state index contributed by atoms with van der Waals surface area (Å²) in [6.45, 7) is 6.00. The SMILES string of the molecule is C=CCOC(=O)Nc1ccc(Cn2c3nc(C)ccc3c(=O)n2-c2ccccc2)cc1. The van der Waals surface area contributed by atoms with Gasteiger partial charge in [-0.25, -0.2) is 14.5 Å². The number of hydrogen-bond acceptors (Lipinski definition) is 4. The van der Waals surface area contributed by atoms with Crippen molar-refractivity contribution in [3.05, 3.63) is 101 Å². The van der Waals surface area contributed by atoms with Crippen LogP contribution in [0.3, 0.4) is 0 Å². The van der Waals surface area contributed by atoms with Crippen LogP contribution in [0.4, 0.5) is 10.5 Å². The molecular weight excluding hydrogens is 392 g/mol. The monoisotopic (exact) mass is 414 g/mol. The third-order valence-electron chi connectivity index (χ3n) is 4.79. The smallest absolute Gasteiger partial charge is 0.411 e. The third kappa shape index (κ3) is 4.25. The van der Waals surface area contributed by atoms with E-state index in [1.165, 1.54) is 6.08 Å². The number of carbonyl (C=O) groups excluding carboxylic acids is 1. The number of rotatable bonds is 6. The van der Waals surface area contributed by atoms with Crippen LogP contribution >= 0.6 is 0 Å². The van der Waals surface area contributed by atoms with Crippen LogP contribution in [0.25, 0.3) is 16.7 Å². The van der Waals surface area contributed by atoms with Crippen LogP contribution < -0.4 is 10.9 Å². The van der Waals surface area contributed by atoms with Gasteiger partial charge in [-0.15, -0.1) is 0 Å². The Balaban J connectivity index is 1.70. The average Bonchev–Trinajstić information content (AvgIpc) is 3.05. The topological polar surface area (TPSA) is 78.2 Å². The first kappa shape index (κ1) is 20.2. The van der Waals surface area contributed by atoms with Gasteiger partial charge in [0.05, 0.1) is 17.6 Å². The molecule has 7 nitrogen and oxygen atoms in total. The van der Waals surface area contributed by atoms with Crippen molar-refractivity contribution in [2.24, 2.45) is 0 Å². The zero-order valence-electron chi connectivity index (χ0n) is 17.1. The molecule has 31 heavy (non-hydrogen) atoms. The largest absolute Gasteiger partial charge is 0.445 e. The summed E-state index contributed by atoms with van der Waals surface area (Å²) < 4.78 is 8.45. The number of carbonyl (C=O) groups is 1. The molecule has 0 aliphatic rings. The predicted molar refractivity (Wildman–Crippen MR) is 121 cm³/mol. The molecule has 0 saturated heterocycles. The van der Waals surface area contributed by atoms with E-state index in [1.807, 2.05) is 66.2 Å². The van der Waals surface area contributed by atoms with Crippen LogP contribution in [0.15, 0.2) is 84.2 Å². The Morgan fingerprint density at radius 1 is 1.10 bits per heavy atom. The number of fused-ring (bicyclic) bond motifs is 1. The number of benzene rings is 2. The lowest BCUT2D eigenvalue weighted by Gasteiger charge is -2.13. The molecule has 0 radical (unpaired) electrons. The molecule has 2 aromatic carbocycles. The number of nitrogens with one attached hydrogen (secondary N) is 1. The van der Waals surface area contributed by atoms with Crippen LogP contribution in [0.1, 0.15) is 11.3 Å². The average molecular weight is 414 g/mol. The quantitative estimate of drug-likeness (QED) is 0.478. The minimum absolute atomic E-state index is 0.114. The normalized spacial score (nSPS) is 10.7. The van der Waals surface area contributed by atoms with E-state index in [-0.39, 0.29) is 12.2 Å². The van der Waals surface area contributed by atoms with Gasteiger partial charge in [-0.05, 0) is 48.9 Å². The van der Waals surface area contributed by atoms with Gasteiger partial charge in [-0.2, -0.15) is 0 Å². The summed E-state index contributed by atoms with van der Waals surface area (Å²) in [5.74, 6) is 0. The zero-order chi connectivity index (χ0) is 21.8. The molecule has 0 atom stereocenters. The van der Waals surface area contributed by atoms with Crippen molar-refractivity contribution in [1.29, 1.82) is 0 Å². The molecule has 0 aliphatic heterocycles. The van der Waals surface area contributed by atoms with E-state index in [2.05, 4.69) is 16.9 Å². The first-order valence-electron chi connectivity index (χ1n) is 9.85. The first-order valence-corrected chi connectivity index (χ1v) is 9.85. The van der Waals surface area contributed by atoms with E-state index in [0.717, 1.165) is 16.9 Å². The number of anilines is 1. The minimum atomic E-state index is -0.540. The molecule has 1 N–H and O–H groups in total. The van der Waals surface area contributed by atoms with Gasteiger partial charge in [0, 0.05) is 11.4 Å². The van der Waals surface area contributed by atoms with E-state index in [0.29, 0.717) is 23.3 Å². The van der Waals surface area contributed by atoms with Crippen molar-refractivity contribution in [3.8, 4) is 5.69 Å².